The minimum Gasteiger partial charge on any atom is -0.399 e. The number of rotatable bonds is 6. The van der Waals surface area contributed by atoms with Crippen LogP contribution in [0.3, 0.4) is 0 Å². The van der Waals surface area contributed by atoms with Crippen LogP contribution in [-0.4, -0.2) is 18.5 Å². The number of nitrogens with one attached hydrogen (secondary N) is 2. The van der Waals surface area contributed by atoms with Gasteiger partial charge in [-0.25, -0.2) is 0 Å². The third-order valence-electron chi connectivity index (χ3n) is 2.75. The lowest BCUT2D eigenvalue weighted by Crippen LogP contribution is -2.25. The Morgan fingerprint density at radius 2 is 2.11 bits per heavy atom. The Kier molecular flexibility index (Phi) is 5.49. The van der Waals surface area contributed by atoms with Crippen LogP contribution >= 0.6 is 0 Å². The van der Waals surface area contributed by atoms with Crippen LogP contribution in [-0.2, 0) is 0 Å². The first-order valence-corrected chi connectivity index (χ1v) is 6.52. The van der Waals surface area contributed by atoms with Crippen LogP contribution in [0.25, 0.3) is 0 Å². The van der Waals surface area contributed by atoms with E-state index in [2.05, 4.69) is 24.5 Å². The van der Waals surface area contributed by atoms with E-state index in [-0.39, 0.29) is 5.91 Å². The highest BCUT2D eigenvalue weighted by Crippen LogP contribution is 2.21. The van der Waals surface area contributed by atoms with Crippen molar-refractivity contribution in [2.24, 2.45) is 0 Å². The molecule has 0 saturated heterocycles. The summed E-state index contributed by atoms with van der Waals surface area (Å²) in [5.41, 5.74) is 7.90. The van der Waals surface area contributed by atoms with E-state index in [1.54, 1.807) is 12.1 Å². The van der Waals surface area contributed by atoms with Crippen LogP contribution < -0.4 is 16.4 Å². The van der Waals surface area contributed by atoms with Crippen LogP contribution in [0, 0.1) is 0 Å². The largest absolute Gasteiger partial charge is 0.399 e. The first kappa shape index (κ1) is 14.4. The molecule has 0 radical (unpaired) electrons. The lowest BCUT2D eigenvalue weighted by atomic mass is 10.1. The van der Waals surface area contributed by atoms with E-state index < -0.39 is 0 Å². The Balaban J connectivity index is 2.92. The van der Waals surface area contributed by atoms with E-state index in [9.17, 15) is 4.79 Å². The summed E-state index contributed by atoms with van der Waals surface area (Å²) in [7, 11) is 0. The summed E-state index contributed by atoms with van der Waals surface area (Å²) in [5, 5.41) is 6.16. The van der Waals surface area contributed by atoms with Crippen LogP contribution in [0.5, 0.6) is 0 Å². The predicted octanol–water partition coefficient (Wildman–Crippen LogP) is 2.62. The highest BCUT2D eigenvalue weighted by atomic mass is 16.1. The Morgan fingerprint density at radius 3 is 2.72 bits per heavy atom. The van der Waals surface area contributed by atoms with Gasteiger partial charge >= 0.3 is 0 Å². The van der Waals surface area contributed by atoms with Gasteiger partial charge in [-0.3, -0.25) is 4.79 Å². The molecule has 4 heteroatoms. The van der Waals surface area contributed by atoms with Gasteiger partial charge in [-0.05, 0) is 38.5 Å². The average molecular weight is 249 g/mol. The van der Waals surface area contributed by atoms with E-state index in [1.165, 1.54) is 0 Å². The molecule has 0 spiro atoms. The number of benzene rings is 1. The van der Waals surface area contributed by atoms with Gasteiger partial charge < -0.3 is 16.4 Å². The fourth-order valence-electron chi connectivity index (χ4n) is 1.91. The maximum atomic E-state index is 11.9. The third kappa shape index (κ3) is 3.95. The normalized spacial score (nSPS) is 11.9. The molecular formula is C14H23N3O. The van der Waals surface area contributed by atoms with Gasteiger partial charge in [0.05, 0.1) is 5.56 Å². The topological polar surface area (TPSA) is 67.1 Å². The van der Waals surface area contributed by atoms with Crippen LogP contribution in [0.4, 0.5) is 11.4 Å². The Labute approximate surface area is 109 Å². The molecule has 0 aliphatic carbocycles. The van der Waals surface area contributed by atoms with Gasteiger partial charge in [0.2, 0.25) is 0 Å². The van der Waals surface area contributed by atoms with Crippen LogP contribution in [0.1, 0.15) is 44.0 Å². The number of hydrogen-bond acceptors (Lipinski definition) is 3. The molecule has 0 heterocycles. The fourth-order valence-corrected chi connectivity index (χ4v) is 1.91. The number of amides is 1. The zero-order valence-electron chi connectivity index (χ0n) is 11.4. The van der Waals surface area contributed by atoms with Crippen molar-refractivity contribution in [1.82, 2.24) is 5.32 Å². The molecule has 0 fully saturated rings. The van der Waals surface area contributed by atoms with E-state index in [4.69, 9.17) is 5.73 Å². The van der Waals surface area contributed by atoms with Crippen molar-refractivity contribution in [3.63, 3.8) is 0 Å². The van der Waals surface area contributed by atoms with Gasteiger partial charge in [0.25, 0.3) is 5.91 Å². The zero-order valence-corrected chi connectivity index (χ0v) is 11.4. The summed E-state index contributed by atoms with van der Waals surface area (Å²) in [6, 6.07) is 5.66. The first-order chi connectivity index (χ1) is 8.58. The molecule has 0 aromatic heterocycles. The summed E-state index contributed by atoms with van der Waals surface area (Å²) >= 11 is 0. The molecule has 4 nitrogen and oxygen atoms in total. The summed E-state index contributed by atoms with van der Waals surface area (Å²) in [6.07, 6.45) is 2.16. The van der Waals surface area contributed by atoms with E-state index in [0.29, 0.717) is 23.8 Å². The van der Waals surface area contributed by atoms with E-state index in [1.807, 2.05) is 13.0 Å². The van der Waals surface area contributed by atoms with Crippen molar-refractivity contribution >= 4 is 17.3 Å². The molecule has 100 valence electrons. The highest BCUT2D eigenvalue weighted by molar-refractivity contribution is 6.00. The summed E-state index contributed by atoms with van der Waals surface area (Å²) in [5.74, 6) is -0.0660. The first-order valence-electron chi connectivity index (χ1n) is 6.52. The highest BCUT2D eigenvalue weighted by Gasteiger charge is 2.12. The number of nitrogen functional groups attached to an aromatic ring is 1. The van der Waals surface area contributed by atoms with Crippen LogP contribution in [0.2, 0.25) is 0 Å². The molecule has 1 rings (SSSR count). The second-order valence-electron chi connectivity index (χ2n) is 4.50. The number of hydrogen-bond donors (Lipinski definition) is 3. The SMILES string of the molecule is CCCC(C)Nc1cc(N)ccc1C(=O)NCC. The fraction of sp³-hybridized carbons (Fsp3) is 0.500. The van der Waals surface area contributed by atoms with Crippen molar-refractivity contribution in [2.45, 2.75) is 39.7 Å². The minimum absolute atomic E-state index is 0.0660. The molecular weight excluding hydrogens is 226 g/mol. The number of carbonyl (C=O) groups is 1. The predicted molar refractivity (Wildman–Crippen MR) is 76.9 cm³/mol. The molecule has 18 heavy (non-hydrogen) atoms. The van der Waals surface area contributed by atoms with Crippen molar-refractivity contribution in [2.75, 3.05) is 17.6 Å². The molecule has 1 aromatic carbocycles. The van der Waals surface area contributed by atoms with E-state index >= 15 is 0 Å². The molecule has 0 aliphatic heterocycles. The Morgan fingerprint density at radius 1 is 1.39 bits per heavy atom. The standard InChI is InChI=1S/C14H23N3O/c1-4-6-10(3)17-13-9-11(15)7-8-12(13)14(18)16-5-2/h7-10,17H,4-6,15H2,1-3H3,(H,16,18). The molecule has 1 atom stereocenters. The minimum atomic E-state index is -0.0660. The third-order valence-corrected chi connectivity index (χ3v) is 2.75. The maximum Gasteiger partial charge on any atom is 0.253 e. The second-order valence-corrected chi connectivity index (χ2v) is 4.50. The maximum absolute atomic E-state index is 11.9. The quantitative estimate of drug-likeness (QED) is 0.679. The van der Waals surface area contributed by atoms with Crippen LogP contribution in [0.15, 0.2) is 18.2 Å². The molecule has 4 N–H and O–H groups in total. The van der Waals surface area contributed by atoms with Crippen molar-refractivity contribution in [3.8, 4) is 0 Å². The van der Waals surface area contributed by atoms with Gasteiger partial charge in [-0.2, -0.15) is 0 Å². The summed E-state index contributed by atoms with van der Waals surface area (Å²) in [6.45, 7) is 6.77. The number of nitrogens with two attached hydrogens (primary N) is 1. The molecule has 1 unspecified atom stereocenters. The van der Waals surface area contributed by atoms with Crippen molar-refractivity contribution < 1.29 is 4.79 Å². The molecule has 1 aromatic rings. The van der Waals surface area contributed by atoms with Crippen molar-refractivity contribution in [1.29, 1.82) is 0 Å². The van der Waals surface area contributed by atoms with Gasteiger partial charge in [-0.1, -0.05) is 13.3 Å². The van der Waals surface area contributed by atoms with Gasteiger partial charge in [0.1, 0.15) is 0 Å². The van der Waals surface area contributed by atoms with E-state index in [0.717, 1.165) is 18.5 Å². The molecule has 0 saturated carbocycles. The smallest absolute Gasteiger partial charge is 0.253 e. The Bertz CT molecular complexity index is 404. The van der Waals surface area contributed by atoms with Gasteiger partial charge in [-0.15, -0.1) is 0 Å². The second kappa shape index (κ2) is 6.89. The van der Waals surface area contributed by atoms with Gasteiger partial charge in [0, 0.05) is 24.0 Å². The lowest BCUT2D eigenvalue weighted by Gasteiger charge is -2.17. The summed E-state index contributed by atoms with van der Waals surface area (Å²) < 4.78 is 0. The van der Waals surface area contributed by atoms with Gasteiger partial charge in [0.15, 0.2) is 0 Å². The number of anilines is 2. The lowest BCUT2D eigenvalue weighted by molar-refractivity contribution is 0.0956. The Hall–Kier alpha value is -1.71. The number of carbonyl (C=O) groups excluding carboxylic acids is 1. The van der Waals surface area contributed by atoms with Crippen molar-refractivity contribution in [3.05, 3.63) is 23.8 Å². The molecule has 1 amide bonds. The monoisotopic (exact) mass is 249 g/mol. The summed E-state index contributed by atoms with van der Waals surface area (Å²) in [4.78, 5) is 11.9. The average Bonchev–Trinajstić information content (AvgIpc) is 2.29. The molecule has 0 aliphatic rings. The zero-order chi connectivity index (χ0) is 13.5. The molecule has 0 bridgehead atoms.